The van der Waals surface area contributed by atoms with Crippen LogP contribution < -0.4 is 15.0 Å². The van der Waals surface area contributed by atoms with Crippen molar-refractivity contribution in [3.05, 3.63) is 41.8 Å². The Hall–Kier alpha value is -2.74. The first kappa shape index (κ1) is 20.5. The molecule has 0 aliphatic carbocycles. The van der Waals surface area contributed by atoms with Crippen molar-refractivity contribution in [2.24, 2.45) is 5.92 Å². The van der Waals surface area contributed by atoms with E-state index in [0.717, 1.165) is 55.5 Å². The SMILES string of the molecule is COc1ccccc1N1CCN(C(=O)C2CCN(C(=O)Nc3cccs3)CC2)CC1. The molecule has 2 aliphatic rings. The summed E-state index contributed by atoms with van der Waals surface area (Å²) in [5.41, 5.74) is 1.08. The molecule has 3 heterocycles. The number of rotatable bonds is 4. The van der Waals surface area contributed by atoms with Gasteiger partial charge in [-0.05, 0) is 42.5 Å². The predicted octanol–water partition coefficient (Wildman–Crippen LogP) is 3.35. The number of benzene rings is 1. The number of urea groups is 1. The first-order chi connectivity index (χ1) is 14.7. The molecule has 160 valence electrons. The molecule has 2 fully saturated rings. The number of hydrogen-bond donors (Lipinski definition) is 1. The average molecular weight is 429 g/mol. The van der Waals surface area contributed by atoms with Gasteiger partial charge in [-0.15, -0.1) is 11.3 Å². The molecule has 1 N–H and O–H groups in total. The number of nitrogens with one attached hydrogen (secondary N) is 1. The van der Waals surface area contributed by atoms with E-state index in [4.69, 9.17) is 4.74 Å². The summed E-state index contributed by atoms with van der Waals surface area (Å²) < 4.78 is 5.47. The number of carbonyl (C=O) groups excluding carboxylic acids is 2. The van der Waals surface area contributed by atoms with Crippen LogP contribution >= 0.6 is 11.3 Å². The highest BCUT2D eigenvalue weighted by Gasteiger charge is 2.32. The van der Waals surface area contributed by atoms with Gasteiger partial charge >= 0.3 is 6.03 Å². The number of methoxy groups -OCH3 is 1. The predicted molar refractivity (Wildman–Crippen MR) is 119 cm³/mol. The Kier molecular flexibility index (Phi) is 6.42. The zero-order valence-electron chi connectivity index (χ0n) is 17.3. The summed E-state index contributed by atoms with van der Waals surface area (Å²) >= 11 is 1.51. The lowest BCUT2D eigenvalue weighted by Crippen LogP contribution is -2.52. The minimum Gasteiger partial charge on any atom is -0.495 e. The molecule has 0 unspecified atom stereocenters. The molecule has 4 rings (SSSR count). The maximum Gasteiger partial charge on any atom is 0.322 e. The smallest absolute Gasteiger partial charge is 0.322 e. The molecule has 0 spiro atoms. The highest BCUT2D eigenvalue weighted by atomic mass is 32.1. The molecule has 0 atom stereocenters. The summed E-state index contributed by atoms with van der Waals surface area (Å²) in [6.45, 7) is 4.28. The van der Waals surface area contributed by atoms with Crippen molar-refractivity contribution >= 4 is 34.0 Å². The average Bonchev–Trinajstić information content (AvgIpc) is 3.32. The van der Waals surface area contributed by atoms with Crippen LogP contribution in [0.4, 0.5) is 15.5 Å². The van der Waals surface area contributed by atoms with E-state index in [1.54, 1.807) is 7.11 Å². The third-order valence-electron chi connectivity index (χ3n) is 5.90. The molecule has 7 nitrogen and oxygen atoms in total. The van der Waals surface area contributed by atoms with E-state index in [-0.39, 0.29) is 17.9 Å². The molecular weight excluding hydrogens is 400 g/mol. The first-order valence-electron chi connectivity index (χ1n) is 10.4. The summed E-state index contributed by atoms with van der Waals surface area (Å²) in [5, 5.41) is 5.71. The zero-order valence-corrected chi connectivity index (χ0v) is 18.1. The second-order valence-corrected chi connectivity index (χ2v) is 8.60. The van der Waals surface area contributed by atoms with E-state index >= 15 is 0 Å². The quantitative estimate of drug-likeness (QED) is 0.811. The number of thiophene rings is 1. The number of anilines is 2. The number of para-hydroxylation sites is 2. The molecule has 8 heteroatoms. The van der Waals surface area contributed by atoms with Gasteiger partial charge in [0.1, 0.15) is 5.75 Å². The Balaban J connectivity index is 1.25. The number of hydrogen-bond acceptors (Lipinski definition) is 5. The van der Waals surface area contributed by atoms with E-state index in [1.807, 2.05) is 45.5 Å². The lowest BCUT2D eigenvalue weighted by atomic mass is 9.95. The fourth-order valence-electron chi connectivity index (χ4n) is 4.18. The van der Waals surface area contributed by atoms with Crippen molar-refractivity contribution < 1.29 is 14.3 Å². The normalized spacial score (nSPS) is 17.7. The number of piperazine rings is 1. The summed E-state index contributed by atoms with van der Waals surface area (Å²) in [4.78, 5) is 31.5. The van der Waals surface area contributed by atoms with Gasteiger partial charge in [-0.1, -0.05) is 12.1 Å². The van der Waals surface area contributed by atoms with Gasteiger partial charge in [0.25, 0.3) is 0 Å². The monoisotopic (exact) mass is 428 g/mol. The molecule has 2 aliphatic heterocycles. The largest absolute Gasteiger partial charge is 0.495 e. The van der Waals surface area contributed by atoms with Gasteiger partial charge < -0.3 is 19.4 Å². The van der Waals surface area contributed by atoms with Crippen LogP contribution in [0, 0.1) is 5.92 Å². The van der Waals surface area contributed by atoms with Crippen molar-refractivity contribution in [3.8, 4) is 5.75 Å². The Morgan fingerprint density at radius 2 is 1.70 bits per heavy atom. The van der Waals surface area contributed by atoms with Crippen LogP contribution in [0.1, 0.15) is 12.8 Å². The number of ether oxygens (including phenoxy) is 1. The number of nitrogens with zero attached hydrogens (tertiary/aromatic N) is 3. The van der Waals surface area contributed by atoms with E-state index in [2.05, 4.69) is 16.3 Å². The second kappa shape index (κ2) is 9.38. The third-order valence-corrected chi connectivity index (χ3v) is 6.69. The Morgan fingerprint density at radius 1 is 0.967 bits per heavy atom. The van der Waals surface area contributed by atoms with Crippen molar-refractivity contribution in [2.75, 3.05) is 56.6 Å². The fourth-order valence-corrected chi connectivity index (χ4v) is 4.79. The van der Waals surface area contributed by atoms with E-state index < -0.39 is 0 Å². The van der Waals surface area contributed by atoms with Crippen molar-refractivity contribution in [3.63, 3.8) is 0 Å². The second-order valence-electron chi connectivity index (χ2n) is 7.65. The summed E-state index contributed by atoms with van der Waals surface area (Å²) in [6, 6.07) is 11.7. The number of carbonyl (C=O) groups is 2. The minimum atomic E-state index is -0.0752. The molecule has 2 saturated heterocycles. The molecular formula is C22H28N4O3S. The van der Waals surface area contributed by atoms with Gasteiger partial charge in [-0.2, -0.15) is 0 Å². The number of piperidine rings is 1. The molecule has 3 amide bonds. The van der Waals surface area contributed by atoms with E-state index in [1.165, 1.54) is 11.3 Å². The maximum absolute atomic E-state index is 13.0. The molecule has 30 heavy (non-hydrogen) atoms. The van der Waals surface area contributed by atoms with Crippen LogP contribution in [-0.2, 0) is 4.79 Å². The molecule has 0 saturated carbocycles. The lowest BCUT2D eigenvalue weighted by Gasteiger charge is -2.39. The first-order valence-corrected chi connectivity index (χ1v) is 11.3. The standard InChI is InChI=1S/C22H28N4O3S/c1-29-19-6-3-2-5-18(19)24-12-14-25(15-13-24)21(27)17-8-10-26(11-9-17)22(28)23-20-7-4-16-30-20/h2-7,16-17H,8-15H2,1H3,(H,23,28). The van der Waals surface area contributed by atoms with Gasteiger partial charge in [0, 0.05) is 45.2 Å². The minimum absolute atomic E-state index is 0.00796. The highest BCUT2D eigenvalue weighted by molar-refractivity contribution is 7.14. The fraction of sp³-hybridized carbons (Fsp3) is 0.455. The van der Waals surface area contributed by atoms with Crippen molar-refractivity contribution in [1.82, 2.24) is 9.80 Å². The van der Waals surface area contributed by atoms with Gasteiger partial charge in [0.15, 0.2) is 0 Å². The van der Waals surface area contributed by atoms with Gasteiger partial charge in [0.2, 0.25) is 5.91 Å². The molecule has 0 bridgehead atoms. The topological polar surface area (TPSA) is 65.1 Å². The summed E-state index contributed by atoms with van der Waals surface area (Å²) in [5.74, 6) is 1.10. The summed E-state index contributed by atoms with van der Waals surface area (Å²) in [7, 11) is 1.69. The Labute approximate surface area is 181 Å². The summed E-state index contributed by atoms with van der Waals surface area (Å²) in [6.07, 6.45) is 1.45. The van der Waals surface area contributed by atoms with Crippen LogP contribution in [0.25, 0.3) is 0 Å². The molecule has 0 radical (unpaired) electrons. The van der Waals surface area contributed by atoms with E-state index in [9.17, 15) is 9.59 Å². The van der Waals surface area contributed by atoms with Crippen LogP contribution in [0.15, 0.2) is 41.8 Å². The van der Waals surface area contributed by atoms with Gasteiger partial charge in [-0.3, -0.25) is 10.1 Å². The Morgan fingerprint density at radius 3 is 2.37 bits per heavy atom. The van der Waals surface area contributed by atoms with Crippen LogP contribution in [-0.4, -0.2) is 68.1 Å². The molecule has 1 aromatic heterocycles. The highest BCUT2D eigenvalue weighted by Crippen LogP contribution is 2.29. The zero-order chi connectivity index (χ0) is 20.9. The van der Waals surface area contributed by atoms with Crippen LogP contribution in [0.3, 0.4) is 0 Å². The van der Waals surface area contributed by atoms with Crippen LogP contribution in [0.2, 0.25) is 0 Å². The van der Waals surface area contributed by atoms with Crippen LogP contribution in [0.5, 0.6) is 5.75 Å². The third kappa shape index (κ3) is 4.53. The van der Waals surface area contributed by atoms with Crippen molar-refractivity contribution in [1.29, 1.82) is 0 Å². The molecule has 2 aromatic rings. The Bertz CT molecular complexity index is 857. The molecule has 1 aromatic carbocycles. The number of amides is 3. The lowest BCUT2D eigenvalue weighted by molar-refractivity contribution is -0.137. The maximum atomic E-state index is 13.0. The van der Waals surface area contributed by atoms with Gasteiger partial charge in [-0.25, -0.2) is 4.79 Å². The number of likely N-dealkylation sites (tertiary alicyclic amines) is 1. The van der Waals surface area contributed by atoms with Gasteiger partial charge in [0.05, 0.1) is 17.8 Å². The van der Waals surface area contributed by atoms with Crippen molar-refractivity contribution in [2.45, 2.75) is 12.8 Å². The van der Waals surface area contributed by atoms with E-state index in [0.29, 0.717) is 13.1 Å².